The summed E-state index contributed by atoms with van der Waals surface area (Å²) in [6.45, 7) is 3.35. The average Bonchev–Trinajstić information content (AvgIpc) is 2.29. The van der Waals surface area contributed by atoms with Crippen LogP contribution < -0.4 is 9.64 Å². The van der Waals surface area contributed by atoms with Crippen LogP contribution in [0.2, 0.25) is 0 Å². The number of anilines is 1. The summed E-state index contributed by atoms with van der Waals surface area (Å²) in [7, 11) is 1.64. The van der Waals surface area contributed by atoms with Crippen LogP contribution in [-0.4, -0.2) is 32.8 Å². The van der Waals surface area contributed by atoms with Gasteiger partial charge in [0.05, 0.1) is 13.7 Å². The molecule has 1 aromatic rings. The van der Waals surface area contributed by atoms with Gasteiger partial charge in [-0.05, 0) is 30.7 Å². The molecule has 0 atom stereocenters. The van der Waals surface area contributed by atoms with E-state index in [1.54, 1.807) is 12.0 Å². The number of carbonyl (C=O) groups is 1. The Morgan fingerprint density at radius 1 is 1.44 bits per heavy atom. The van der Waals surface area contributed by atoms with E-state index in [-0.39, 0.29) is 12.5 Å². The SMILES string of the molecule is COc1ccc(N2CCOCC2=O)cc1C. The van der Waals surface area contributed by atoms with Gasteiger partial charge in [0.25, 0.3) is 5.91 Å². The van der Waals surface area contributed by atoms with Crippen LogP contribution in [0.1, 0.15) is 5.56 Å². The summed E-state index contributed by atoms with van der Waals surface area (Å²) < 4.78 is 10.3. The number of carbonyl (C=O) groups excluding carboxylic acids is 1. The lowest BCUT2D eigenvalue weighted by atomic mass is 10.2. The molecular formula is C12H15NO3. The highest BCUT2D eigenvalue weighted by Crippen LogP contribution is 2.24. The van der Waals surface area contributed by atoms with Gasteiger partial charge >= 0.3 is 0 Å². The van der Waals surface area contributed by atoms with Crippen molar-refractivity contribution in [1.29, 1.82) is 0 Å². The molecule has 86 valence electrons. The number of hydrogen-bond acceptors (Lipinski definition) is 3. The molecule has 0 saturated carbocycles. The summed E-state index contributed by atoms with van der Waals surface area (Å²) in [4.78, 5) is 13.4. The minimum atomic E-state index is 0.0100. The first-order valence-electron chi connectivity index (χ1n) is 5.25. The van der Waals surface area contributed by atoms with Crippen molar-refractivity contribution in [3.8, 4) is 5.75 Å². The molecule has 0 bridgehead atoms. The molecule has 1 aliphatic rings. The van der Waals surface area contributed by atoms with Crippen LogP contribution in [0.4, 0.5) is 5.69 Å². The number of aryl methyl sites for hydroxylation is 1. The lowest BCUT2D eigenvalue weighted by Gasteiger charge is -2.27. The van der Waals surface area contributed by atoms with Crippen LogP contribution in [-0.2, 0) is 9.53 Å². The molecule has 1 aliphatic heterocycles. The van der Waals surface area contributed by atoms with Crippen molar-refractivity contribution >= 4 is 11.6 Å². The van der Waals surface area contributed by atoms with Crippen LogP contribution in [0.3, 0.4) is 0 Å². The summed E-state index contributed by atoms with van der Waals surface area (Å²) in [5.41, 5.74) is 1.94. The Balaban J connectivity index is 2.26. The summed E-state index contributed by atoms with van der Waals surface area (Å²) in [5.74, 6) is 0.847. The van der Waals surface area contributed by atoms with Crippen LogP contribution in [0.25, 0.3) is 0 Å². The standard InChI is InChI=1S/C12H15NO3/c1-9-7-10(3-4-11(9)15-2)13-5-6-16-8-12(13)14/h3-4,7H,5-6,8H2,1-2H3. The molecule has 0 unspecified atom stereocenters. The molecule has 1 heterocycles. The third-order valence-electron chi connectivity index (χ3n) is 2.68. The van der Waals surface area contributed by atoms with E-state index in [9.17, 15) is 4.79 Å². The van der Waals surface area contributed by atoms with Crippen molar-refractivity contribution in [3.63, 3.8) is 0 Å². The predicted octanol–water partition coefficient (Wildman–Crippen LogP) is 1.37. The maximum atomic E-state index is 11.6. The normalized spacial score (nSPS) is 16.4. The van der Waals surface area contributed by atoms with E-state index in [0.717, 1.165) is 17.0 Å². The predicted molar refractivity (Wildman–Crippen MR) is 60.9 cm³/mol. The van der Waals surface area contributed by atoms with Crippen LogP contribution in [0.15, 0.2) is 18.2 Å². The van der Waals surface area contributed by atoms with Gasteiger partial charge in [0, 0.05) is 12.2 Å². The van der Waals surface area contributed by atoms with Crippen molar-refractivity contribution in [1.82, 2.24) is 0 Å². The Labute approximate surface area is 94.8 Å². The molecule has 1 aromatic carbocycles. The summed E-state index contributed by atoms with van der Waals surface area (Å²) in [5, 5.41) is 0. The highest BCUT2D eigenvalue weighted by Gasteiger charge is 2.20. The number of methoxy groups -OCH3 is 1. The number of morpholine rings is 1. The van der Waals surface area contributed by atoms with Crippen molar-refractivity contribution in [3.05, 3.63) is 23.8 Å². The largest absolute Gasteiger partial charge is 0.496 e. The van der Waals surface area contributed by atoms with Crippen LogP contribution >= 0.6 is 0 Å². The van der Waals surface area contributed by atoms with E-state index in [1.165, 1.54) is 0 Å². The Hall–Kier alpha value is -1.55. The maximum absolute atomic E-state index is 11.6. The maximum Gasteiger partial charge on any atom is 0.253 e. The molecule has 1 fully saturated rings. The smallest absolute Gasteiger partial charge is 0.253 e. The molecule has 1 amide bonds. The Bertz CT molecular complexity index is 403. The Morgan fingerprint density at radius 3 is 2.88 bits per heavy atom. The second-order valence-electron chi connectivity index (χ2n) is 3.75. The van der Waals surface area contributed by atoms with Crippen LogP contribution in [0.5, 0.6) is 5.75 Å². The number of benzene rings is 1. The first-order chi connectivity index (χ1) is 7.72. The number of amides is 1. The molecule has 0 spiro atoms. The fourth-order valence-corrected chi connectivity index (χ4v) is 1.82. The molecule has 0 aromatic heterocycles. The van der Waals surface area contributed by atoms with E-state index >= 15 is 0 Å². The molecule has 1 saturated heterocycles. The molecule has 0 radical (unpaired) electrons. The summed E-state index contributed by atoms with van der Waals surface area (Å²) >= 11 is 0. The van der Waals surface area contributed by atoms with Gasteiger partial charge in [0.1, 0.15) is 12.4 Å². The highest BCUT2D eigenvalue weighted by molar-refractivity contribution is 5.95. The molecule has 0 N–H and O–H groups in total. The molecular weight excluding hydrogens is 206 g/mol. The van der Waals surface area contributed by atoms with E-state index in [4.69, 9.17) is 9.47 Å². The van der Waals surface area contributed by atoms with Gasteiger partial charge in [0.2, 0.25) is 0 Å². The number of nitrogens with zero attached hydrogens (tertiary/aromatic N) is 1. The van der Waals surface area contributed by atoms with Crippen LogP contribution in [0, 0.1) is 6.92 Å². The molecule has 4 heteroatoms. The van der Waals surface area contributed by atoms with Gasteiger partial charge in [-0.15, -0.1) is 0 Å². The van der Waals surface area contributed by atoms with Gasteiger partial charge in [-0.25, -0.2) is 0 Å². The third-order valence-corrected chi connectivity index (χ3v) is 2.68. The Morgan fingerprint density at radius 2 is 2.25 bits per heavy atom. The number of rotatable bonds is 2. The van der Waals surface area contributed by atoms with Crippen molar-refractivity contribution in [2.45, 2.75) is 6.92 Å². The van der Waals surface area contributed by atoms with Gasteiger partial charge in [-0.3, -0.25) is 4.79 Å². The van der Waals surface area contributed by atoms with Crippen molar-refractivity contribution < 1.29 is 14.3 Å². The second kappa shape index (κ2) is 4.53. The lowest BCUT2D eigenvalue weighted by Crippen LogP contribution is -2.41. The fourth-order valence-electron chi connectivity index (χ4n) is 1.82. The van der Waals surface area contributed by atoms with Gasteiger partial charge in [-0.2, -0.15) is 0 Å². The van der Waals surface area contributed by atoms with Crippen molar-refractivity contribution in [2.75, 3.05) is 31.8 Å². The van der Waals surface area contributed by atoms with Crippen molar-refractivity contribution in [2.24, 2.45) is 0 Å². The van der Waals surface area contributed by atoms with Gasteiger partial charge in [-0.1, -0.05) is 0 Å². The first-order valence-corrected chi connectivity index (χ1v) is 5.25. The summed E-state index contributed by atoms with van der Waals surface area (Å²) in [6.07, 6.45) is 0. The second-order valence-corrected chi connectivity index (χ2v) is 3.75. The minimum Gasteiger partial charge on any atom is -0.496 e. The zero-order valence-corrected chi connectivity index (χ0v) is 9.53. The Kier molecular flexibility index (Phi) is 3.10. The van der Waals surface area contributed by atoms with E-state index in [1.807, 2.05) is 25.1 Å². The zero-order valence-electron chi connectivity index (χ0n) is 9.53. The molecule has 2 rings (SSSR count). The van der Waals surface area contributed by atoms with E-state index < -0.39 is 0 Å². The van der Waals surface area contributed by atoms with E-state index in [0.29, 0.717) is 13.2 Å². The average molecular weight is 221 g/mol. The lowest BCUT2D eigenvalue weighted by molar-refractivity contribution is -0.125. The zero-order chi connectivity index (χ0) is 11.5. The topological polar surface area (TPSA) is 38.8 Å². The first kappa shape index (κ1) is 11.0. The van der Waals surface area contributed by atoms with Gasteiger partial charge < -0.3 is 14.4 Å². The third kappa shape index (κ3) is 2.02. The van der Waals surface area contributed by atoms with Gasteiger partial charge in [0.15, 0.2) is 0 Å². The fraction of sp³-hybridized carbons (Fsp3) is 0.417. The minimum absolute atomic E-state index is 0.0100. The quantitative estimate of drug-likeness (QED) is 0.757. The highest BCUT2D eigenvalue weighted by atomic mass is 16.5. The monoisotopic (exact) mass is 221 g/mol. The van der Waals surface area contributed by atoms with E-state index in [2.05, 4.69) is 0 Å². The number of hydrogen-bond donors (Lipinski definition) is 0. The molecule has 0 aliphatic carbocycles. The molecule has 4 nitrogen and oxygen atoms in total. The summed E-state index contributed by atoms with van der Waals surface area (Å²) in [6, 6.07) is 5.74. The number of ether oxygens (including phenoxy) is 2. The molecule has 16 heavy (non-hydrogen) atoms.